The summed E-state index contributed by atoms with van der Waals surface area (Å²) in [6.07, 6.45) is 20.6. The summed E-state index contributed by atoms with van der Waals surface area (Å²) in [4.78, 5) is 6.80. The average molecular weight is 323 g/mol. The Bertz CT molecular complexity index is 326. The molecule has 0 atom stereocenters. The molecular formula is C20H38N2O. The summed E-state index contributed by atoms with van der Waals surface area (Å²) in [6, 6.07) is 0. The third-order valence-corrected chi connectivity index (χ3v) is 4.66. The van der Waals surface area contributed by atoms with Gasteiger partial charge in [0.1, 0.15) is 0 Å². The number of unbranched alkanes of at least 4 members (excludes halogenated alkanes) is 10. The third kappa shape index (κ3) is 10.5. The number of amidine groups is 1. The Labute approximate surface area is 143 Å². The molecule has 134 valence electrons. The molecule has 1 rings (SSSR count). The highest BCUT2D eigenvalue weighted by Crippen LogP contribution is 2.14. The fourth-order valence-electron chi connectivity index (χ4n) is 3.25. The van der Waals surface area contributed by atoms with Crippen LogP contribution in [-0.4, -0.2) is 42.1 Å². The third-order valence-electron chi connectivity index (χ3n) is 4.66. The summed E-state index contributed by atoms with van der Waals surface area (Å²) in [5, 5.41) is 9.03. The van der Waals surface area contributed by atoms with Crippen LogP contribution in [0, 0.1) is 0 Å². The van der Waals surface area contributed by atoms with Gasteiger partial charge in [0, 0.05) is 19.5 Å². The number of aliphatic imine (C=N–C) groups is 1. The average Bonchev–Trinajstić information content (AvgIpc) is 2.99. The first-order valence-electron chi connectivity index (χ1n) is 9.88. The van der Waals surface area contributed by atoms with Crippen LogP contribution in [0.4, 0.5) is 0 Å². The van der Waals surface area contributed by atoms with Crippen LogP contribution in [0.3, 0.4) is 0 Å². The second-order valence-corrected chi connectivity index (χ2v) is 6.65. The fourth-order valence-corrected chi connectivity index (χ4v) is 3.25. The van der Waals surface area contributed by atoms with E-state index in [1.807, 2.05) is 0 Å². The molecule has 1 aliphatic rings. The second-order valence-electron chi connectivity index (χ2n) is 6.65. The minimum absolute atomic E-state index is 0.244. The predicted octanol–water partition coefficient (Wildman–Crippen LogP) is 4.95. The Balaban J connectivity index is 1.81. The lowest BCUT2D eigenvalue weighted by Crippen LogP contribution is -2.30. The molecule has 0 saturated carbocycles. The van der Waals surface area contributed by atoms with Crippen molar-refractivity contribution in [1.29, 1.82) is 0 Å². The second kappa shape index (κ2) is 14.7. The molecule has 3 nitrogen and oxygen atoms in total. The van der Waals surface area contributed by atoms with Gasteiger partial charge in [-0.2, -0.15) is 0 Å². The zero-order chi connectivity index (χ0) is 16.6. The lowest BCUT2D eigenvalue weighted by Gasteiger charge is -2.18. The molecule has 0 saturated heterocycles. The Morgan fingerprint density at radius 3 is 2.17 bits per heavy atom. The molecule has 0 aliphatic carbocycles. The van der Waals surface area contributed by atoms with Gasteiger partial charge >= 0.3 is 0 Å². The summed E-state index contributed by atoms with van der Waals surface area (Å²) in [5.41, 5.74) is 0. The zero-order valence-corrected chi connectivity index (χ0v) is 15.3. The Hall–Kier alpha value is -0.830. The largest absolute Gasteiger partial charge is 0.395 e. The van der Waals surface area contributed by atoms with Crippen LogP contribution in [0.15, 0.2) is 17.1 Å². The SMILES string of the molecule is C/C=C/CCCCCCCCCCCCC1=NCCN1CCO. The van der Waals surface area contributed by atoms with E-state index in [2.05, 4.69) is 29.0 Å². The van der Waals surface area contributed by atoms with Crippen molar-refractivity contribution in [1.82, 2.24) is 4.90 Å². The summed E-state index contributed by atoms with van der Waals surface area (Å²) in [7, 11) is 0. The number of allylic oxidation sites excluding steroid dienone is 2. The molecule has 0 fully saturated rings. The lowest BCUT2D eigenvalue weighted by atomic mass is 10.0. The van der Waals surface area contributed by atoms with E-state index in [-0.39, 0.29) is 6.61 Å². The number of nitrogens with zero attached hydrogens (tertiary/aromatic N) is 2. The summed E-state index contributed by atoms with van der Waals surface area (Å²) >= 11 is 0. The van der Waals surface area contributed by atoms with Gasteiger partial charge < -0.3 is 10.0 Å². The van der Waals surface area contributed by atoms with Gasteiger partial charge in [0.2, 0.25) is 0 Å². The van der Waals surface area contributed by atoms with Crippen LogP contribution >= 0.6 is 0 Å². The number of rotatable bonds is 15. The Kier molecular flexibility index (Phi) is 13.0. The molecule has 1 heterocycles. The molecule has 0 aromatic rings. The zero-order valence-electron chi connectivity index (χ0n) is 15.3. The molecule has 0 aromatic carbocycles. The maximum absolute atomic E-state index is 9.03. The van der Waals surface area contributed by atoms with Gasteiger partial charge in [-0.3, -0.25) is 4.99 Å². The highest BCUT2D eigenvalue weighted by Gasteiger charge is 2.14. The van der Waals surface area contributed by atoms with Crippen LogP contribution in [0.5, 0.6) is 0 Å². The number of hydrogen-bond donors (Lipinski definition) is 1. The summed E-state index contributed by atoms with van der Waals surface area (Å²) in [5.74, 6) is 1.23. The molecule has 3 heteroatoms. The maximum Gasteiger partial charge on any atom is 0.0991 e. The first kappa shape index (κ1) is 20.2. The standard InChI is InChI=1S/C20H38N2O/c1-2-3-4-5-6-7-8-9-10-11-12-13-14-15-20-21-16-17-22(20)18-19-23/h2-3,23H,4-19H2,1H3/b3-2+. The smallest absolute Gasteiger partial charge is 0.0991 e. The molecule has 0 bridgehead atoms. The molecular weight excluding hydrogens is 284 g/mol. The van der Waals surface area contributed by atoms with Crippen LogP contribution < -0.4 is 0 Å². The van der Waals surface area contributed by atoms with E-state index in [0.29, 0.717) is 0 Å². The van der Waals surface area contributed by atoms with E-state index < -0.39 is 0 Å². The minimum atomic E-state index is 0.244. The van der Waals surface area contributed by atoms with Gasteiger partial charge in [-0.15, -0.1) is 0 Å². The van der Waals surface area contributed by atoms with Crippen molar-refractivity contribution in [2.24, 2.45) is 4.99 Å². The van der Waals surface area contributed by atoms with Crippen molar-refractivity contribution in [3.05, 3.63) is 12.2 Å². The first-order chi connectivity index (χ1) is 11.4. The number of aliphatic hydroxyl groups excluding tert-OH is 1. The number of hydrogen-bond acceptors (Lipinski definition) is 3. The predicted molar refractivity (Wildman–Crippen MR) is 101 cm³/mol. The van der Waals surface area contributed by atoms with Gasteiger partial charge in [-0.25, -0.2) is 0 Å². The van der Waals surface area contributed by atoms with Gasteiger partial charge in [-0.05, 0) is 26.2 Å². The molecule has 0 aromatic heterocycles. The van der Waals surface area contributed by atoms with Crippen molar-refractivity contribution in [3.8, 4) is 0 Å². The van der Waals surface area contributed by atoms with Crippen molar-refractivity contribution < 1.29 is 5.11 Å². The fraction of sp³-hybridized carbons (Fsp3) is 0.850. The quantitative estimate of drug-likeness (QED) is 0.342. The van der Waals surface area contributed by atoms with E-state index in [9.17, 15) is 0 Å². The highest BCUT2D eigenvalue weighted by molar-refractivity contribution is 5.83. The van der Waals surface area contributed by atoms with E-state index in [1.165, 1.54) is 76.5 Å². The molecule has 23 heavy (non-hydrogen) atoms. The van der Waals surface area contributed by atoms with Crippen molar-refractivity contribution >= 4 is 5.84 Å². The van der Waals surface area contributed by atoms with E-state index in [0.717, 1.165) is 26.1 Å². The van der Waals surface area contributed by atoms with E-state index >= 15 is 0 Å². The topological polar surface area (TPSA) is 35.8 Å². The van der Waals surface area contributed by atoms with Crippen LogP contribution in [0.1, 0.15) is 84.0 Å². The maximum atomic E-state index is 9.03. The minimum Gasteiger partial charge on any atom is -0.395 e. The molecule has 0 unspecified atom stereocenters. The van der Waals surface area contributed by atoms with Crippen LogP contribution in [-0.2, 0) is 0 Å². The number of aliphatic hydroxyl groups is 1. The van der Waals surface area contributed by atoms with Crippen molar-refractivity contribution in [2.45, 2.75) is 84.0 Å². The first-order valence-corrected chi connectivity index (χ1v) is 9.88. The van der Waals surface area contributed by atoms with Gasteiger partial charge in [-0.1, -0.05) is 63.5 Å². The van der Waals surface area contributed by atoms with E-state index in [1.54, 1.807) is 0 Å². The van der Waals surface area contributed by atoms with Crippen molar-refractivity contribution in [2.75, 3.05) is 26.2 Å². The van der Waals surface area contributed by atoms with Crippen LogP contribution in [0.2, 0.25) is 0 Å². The van der Waals surface area contributed by atoms with Gasteiger partial charge in [0.15, 0.2) is 0 Å². The normalized spacial score (nSPS) is 14.9. The Morgan fingerprint density at radius 1 is 0.957 bits per heavy atom. The monoisotopic (exact) mass is 322 g/mol. The summed E-state index contributed by atoms with van der Waals surface area (Å²) < 4.78 is 0. The highest BCUT2D eigenvalue weighted by atomic mass is 16.3. The lowest BCUT2D eigenvalue weighted by molar-refractivity contribution is 0.255. The molecule has 0 amide bonds. The van der Waals surface area contributed by atoms with Crippen LogP contribution in [0.25, 0.3) is 0 Å². The molecule has 1 N–H and O–H groups in total. The Morgan fingerprint density at radius 2 is 1.57 bits per heavy atom. The molecule has 0 spiro atoms. The van der Waals surface area contributed by atoms with Gasteiger partial charge in [0.05, 0.1) is 19.0 Å². The van der Waals surface area contributed by atoms with E-state index in [4.69, 9.17) is 5.11 Å². The number of β-amino-alcohol motifs (C(OH)–C–C–N with tert-alkyl or cyclic N) is 1. The molecule has 0 radical (unpaired) electrons. The summed E-state index contributed by atoms with van der Waals surface area (Å²) in [6.45, 7) is 5.03. The van der Waals surface area contributed by atoms with Crippen molar-refractivity contribution in [3.63, 3.8) is 0 Å². The molecule has 1 aliphatic heterocycles. The van der Waals surface area contributed by atoms with Gasteiger partial charge in [0.25, 0.3) is 0 Å².